The van der Waals surface area contributed by atoms with E-state index < -0.39 is 9.84 Å². The normalized spacial score (nSPS) is 13.0. The second-order valence-electron chi connectivity index (χ2n) is 7.40. The Kier molecular flexibility index (Phi) is 4.60. The average molecular weight is 451 g/mol. The van der Waals surface area contributed by atoms with Crippen molar-refractivity contribution in [3.05, 3.63) is 76.5 Å². The smallest absolute Gasteiger partial charge is 0.231 e. The molecular formula is C24H18O5S2. The number of hydrogen-bond donors (Lipinski definition) is 0. The Balaban J connectivity index is 1.82. The summed E-state index contributed by atoms with van der Waals surface area (Å²) in [4.78, 5) is 14.7. The highest BCUT2D eigenvalue weighted by Crippen LogP contribution is 2.44. The lowest BCUT2D eigenvalue weighted by Gasteiger charge is -2.14. The fraction of sp³-hybridized carbons (Fsp3) is 0.125. The van der Waals surface area contributed by atoms with Crippen LogP contribution in [0, 0.1) is 6.92 Å². The first kappa shape index (κ1) is 19.8. The molecule has 0 aliphatic carbocycles. The van der Waals surface area contributed by atoms with E-state index in [2.05, 4.69) is 0 Å². The van der Waals surface area contributed by atoms with E-state index in [1.807, 2.05) is 43.3 Å². The van der Waals surface area contributed by atoms with Crippen LogP contribution >= 0.6 is 11.3 Å². The molecule has 0 saturated heterocycles. The lowest BCUT2D eigenvalue weighted by atomic mass is 9.96. The van der Waals surface area contributed by atoms with E-state index >= 15 is 0 Å². The number of hydrogen-bond acceptors (Lipinski definition) is 6. The van der Waals surface area contributed by atoms with Crippen LogP contribution in [0.1, 0.15) is 5.56 Å². The van der Waals surface area contributed by atoms with Gasteiger partial charge in [0.05, 0.1) is 4.90 Å². The third-order valence-corrected chi connectivity index (χ3v) is 7.75. The van der Waals surface area contributed by atoms with Crippen LogP contribution in [0.3, 0.4) is 0 Å². The molecule has 0 fully saturated rings. The van der Waals surface area contributed by atoms with Crippen molar-refractivity contribution >= 4 is 31.3 Å². The molecule has 5 rings (SSSR count). The Bertz CT molecular complexity index is 1500. The molecule has 2 heterocycles. The van der Waals surface area contributed by atoms with Crippen LogP contribution in [-0.2, 0) is 9.84 Å². The minimum absolute atomic E-state index is 0.0708. The molecule has 0 unspecified atom stereocenters. The van der Waals surface area contributed by atoms with E-state index in [1.54, 1.807) is 24.3 Å². The molecule has 0 saturated carbocycles. The maximum atomic E-state index is 13.6. The van der Waals surface area contributed by atoms with Crippen LogP contribution in [0.25, 0.3) is 31.7 Å². The summed E-state index contributed by atoms with van der Waals surface area (Å²) in [5.41, 5.74) is 2.90. The van der Waals surface area contributed by atoms with E-state index in [4.69, 9.17) is 9.47 Å². The molecular weight excluding hydrogens is 432 g/mol. The van der Waals surface area contributed by atoms with Gasteiger partial charge in [-0.1, -0.05) is 24.3 Å². The second kappa shape index (κ2) is 7.21. The zero-order chi connectivity index (χ0) is 21.8. The van der Waals surface area contributed by atoms with Gasteiger partial charge < -0.3 is 9.47 Å². The minimum Gasteiger partial charge on any atom is -0.454 e. The highest BCUT2D eigenvalue weighted by molar-refractivity contribution is 7.90. The molecule has 0 amide bonds. The molecule has 1 aliphatic heterocycles. The molecule has 0 N–H and O–H groups in total. The van der Waals surface area contributed by atoms with E-state index in [0.717, 1.165) is 26.3 Å². The maximum absolute atomic E-state index is 13.6. The number of fused-ring (bicyclic) bond motifs is 2. The van der Waals surface area contributed by atoms with E-state index in [-0.39, 0.29) is 17.1 Å². The summed E-state index contributed by atoms with van der Waals surface area (Å²) in [6, 6.07) is 17.9. The van der Waals surface area contributed by atoms with Gasteiger partial charge in [0.15, 0.2) is 26.8 Å². The first-order valence-corrected chi connectivity index (χ1v) is 12.3. The van der Waals surface area contributed by atoms with Crippen molar-refractivity contribution < 1.29 is 17.9 Å². The first-order chi connectivity index (χ1) is 14.8. The topological polar surface area (TPSA) is 69.7 Å². The van der Waals surface area contributed by atoms with Crippen molar-refractivity contribution in [2.75, 3.05) is 13.0 Å². The van der Waals surface area contributed by atoms with Gasteiger partial charge in [0, 0.05) is 32.3 Å². The molecule has 0 radical (unpaired) electrons. The minimum atomic E-state index is -3.31. The number of sulfone groups is 1. The molecule has 0 bridgehead atoms. The Hall–Kier alpha value is -3.16. The molecule has 1 aliphatic rings. The van der Waals surface area contributed by atoms with E-state index in [0.29, 0.717) is 22.4 Å². The molecule has 4 aromatic rings. The Morgan fingerprint density at radius 3 is 2.42 bits per heavy atom. The number of rotatable bonds is 3. The van der Waals surface area contributed by atoms with Crippen LogP contribution in [-0.4, -0.2) is 21.5 Å². The Morgan fingerprint density at radius 2 is 1.68 bits per heavy atom. The summed E-state index contributed by atoms with van der Waals surface area (Å²) < 4.78 is 35.7. The predicted octanol–water partition coefficient (Wildman–Crippen LogP) is 5.04. The SMILES string of the molecule is Cc1c(-c2c(-c3ccc(S(C)(=O)=O)cc3)sc3ccccc3c2=O)ccc2c1OCO2. The molecule has 156 valence electrons. The number of benzene rings is 3. The van der Waals surface area contributed by atoms with Crippen LogP contribution in [0.5, 0.6) is 11.5 Å². The van der Waals surface area contributed by atoms with Crippen molar-refractivity contribution in [1.82, 2.24) is 0 Å². The quantitative estimate of drug-likeness (QED) is 0.438. The molecule has 0 atom stereocenters. The predicted molar refractivity (Wildman–Crippen MR) is 123 cm³/mol. The summed E-state index contributed by atoms with van der Waals surface area (Å²) in [6.07, 6.45) is 1.18. The summed E-state index contributed by atoms with van der Waals surface area (Å²) in [5, 5.41) is 0.649. The summed E-state index contributed by atoms with van der Waals surface area (Å²) in [5.74, 6) is 1.31. The highest BCUT2D eigenvalue weighted by atomic mass is 32.2. The van der Waals surface area contributed by atoms with Crippen LogP contribution in [0.15, 0.2) is 70.4 Å². The van der Waals surface area contributed by atoms with Gasteiger partial charge in [-0.05, 0) is 54.4 Å². The van der Waals surface area contributed by atoms with Gasteiger partial charge >= 0.3 is 0 Å². The summed E-state index contributed by atoms with van der Waals surface area (Å²) >= 11 is 1.51. The van der Waals surface area contributed by atoms with Crippen molar-refractivity contribution in [1.29, 1.82) is 0 Å². The van der Waals surface area contributed by atoms with Crippen LogP contribution in [0.4, 0.5) is 0 Å². The van der Waals surface area contributed by atoms with Gasteiger partial charge in [0.2, 0.25) is 6.79 Å². The van der Waals surface area contributed by atoms with Gasteiger partial charge in [0.25, 0.3) is 0 Å². The highest BCUT2D eigenvalue weighted by Gasteiger charge is 2.23. The summed E-state index contributed by atoms with van der Waals surface area (Å²) in [7, 11) is -3.31. The van der Waals surface area contributed by atoms with E-state index in [9.17, 15) is 13.2 Å². The average Bonchev–Trinajstić information content (AvgIpc) is 3.24. The van der Waals surface area contributed by atoms with Gasteiger partial charge in [-0.3, -0.25) is 4.79 Å². The third kappa shape index (κ3) is 3.30. The fourth-order valence-corrected chi connectivity index (χ4v) is 5.65. The summed E-state index contributed by atoms with van der Waals surface area (Å²) in [6.45, 7) is 2.07. The molecule has 31 heavy (non-hydrogen) atoms. The first-order valence-electron chi connectivity index (χ1n) is 9.60. The fourth-order valence-electron chi connectivity index (χ4n) is 3.83. The largest absolute Gasteiger partial charge is 0.454 e. The van der Waals surface area contributed by atoms with Gasteiger partial charge in [-0.25, -0.2) is 8.42 Å². The lowest BCUT2D eigenvalue weighted by Crippen LogP contribution is -2.07. The molecule has 0 spiro atoms. The zero-order valence-corrected chi connectivity index (χ0v) is 18.5. The second-order valence-corrected chi connectivity index (χ2v) is 10.5. The molecule has 1 aromatic heterocycles. The zero-order valence-electron chi connectivity index (χ0n) is 16.8. The van der Waals surface area contributed by atoms with Crippen LogP contribution < -0.4 is 14.9 Å². The molecule has 3 aromatic carbocycles. The monoisotopic (exact) mass is 450 g/mol. The Labute approximate surface area is 183 Å². The van der Waals surface area contributed by atoms with Gasteiger partial charge in [-0.15, -0.1) is 11.3 Å². The molecule has 7 heteroatoms. The van der Waals surface area contributed by atoms with Crippen molar-refractivity contribution in [2.24, 2.45) is 0 Å². The number of ether oxygens (including phenoxy) is 2. The van der Waals surface area contributed by atoms with Crippen molar-refractivity contribution in [3.63, 3.8) is 0 Å². The third-order valence-electron chi connectivity index (χ3n) is 5.40. The van der Waals surface area contributed by atoms with Gasteiger partial charge in [-0.2, -0.15) is 0 Å². The van der Waals surface area contributed by atoms with Crippen molar-refractivity contribution in [2.45, 2.75) is 11.8 Å². The maximum Gasteiger partial charge on any atom is 0.231 e. The Morgan fingerprint density at radius 1 is 0.935 bits per heavy atom. The van der Waals surface area contributed by atoms with Crippen molar-refractivity contribution in [3.8, 4) is 33.1 Å². The lowest BCUT2D eigenvalue weighted by molar-refractivity contribution is 0.173. The van der Waals surface area contributed by atoms with Gasteiger partial charge in [0.1, 0.15) is 0 Å². The van der Waals surface area contributed by atoms with E-state index in [1.165, 1.54) is 17.6 Å². The standard InChI is InChI=1S/C24H18O5S2/c1-14-17(11-12-19-23(14)29-13-28-19)21-22(25)18-5-3-4-6-20(18)30-24(21)15-7-9-16(10-8-15)31(2,26)27/h3-12H,13H2,1-2H3. The molecule has 5 nitrogen and oxygen atoms in total. The van der Waals surface area contributed by atoms with Crippen LogP contribution in [0.2, 0.25) is 0 Å².